The molecule has 0 N–H and O–H groups in total. The molecule has 4 nitrogen and oxygen atoms in total. The first-order valence-corrected chi connectivity index (χ1v) is 7.48. The van der Waals surface area contributed by atoms with Gasteiger partial charge in [0.25, 0.3) is 5.91 Å². The summed E-state index contributed by atoms with van der Waals surface area (Å²) < 4.78 is 24.0. The van der Waals surface area contributed by atoms with Gasteiger partial charge in [-0.1, -0.05) is 12.1 Å². The first kappa shape index (κ1) is 14.5. The minimum absolute atomic E-state index is 0.00797. The highest BCUT2D eigenvalue weighted by Crippen LogP contribution is 2.28. The second kappa shape index (κ2) is 6.54. The highest BCUT2D eigenvalue weighted by atomic mass is 19.1. The monoisotopic (exact) mass is 293 g/mol. The molecular formula is C16H20FNO3. The van der Waals surface area contributed by atoms with Gasteiger partial charge in [-0.3, -0.25) is 4.79 Å². The van der Waals surface area contributed by atoms with Gasteiger partial charge in [-0.25, -0.2) is 4.39 Å². The minimum Gasteiger partial charge on any atom is -0.376 e. The van der Waals surface area contributed by atoms with Crippen LogP contribution in [0.1, 0.15) is 18.4 Å². The Morgan fingerprint density at radius 2 is 2.19 bits per heavy atom. The molecule has 0 radical (unpaired) electrons. The number of carbonyl (C=O) groups is 1. The lowest BCUT2D eigenvalue weighted by atomic mass is 10.1. The van der Waals surface area contributed by atoms with Crippen LogP contribution in [-0.2, 0) is 20.7 Å². The number of hydrogen-bond donors (Lipinski definition) is 0. The van der Waals surface area contributed by atoms with Gasteiger partial charge in [0, 0.05) is 12.6 Å². The number of benzene rings is 1. The normalized spacial score (nSPS) is 22.0. The number of halogens is 1. The van der Waals surface area contributed by atoms with Gasteiger partial charge in [0.15, 0.2) is 6.10 Å². The zero-order valence-corrected chi connectivity index (χ0v) is 12.0. The Bertz CT molecular complexity index is 498. The summed E-state index contributed by atoms with van der Waals surface area (Å²) in [5, 5.41) is 0. The molecule has 1 amide bonds. The van der Waals surface area contributed by atoms with E-state index in [2.05, 4.69) is 0 Å². The Balaban J connectivity index is 1.60. The number of ether oxygens (including phenoxy) is 2. The van der Waals surface area contributed by atoms with Gasteiger partial charge in [0.2, 0.25) is 0 Å². The maximum absolute atomic E-state index is 13.2. The van der Waals surface area contributed by atoms with Crippen molar-refractivity contribution >= 4 is 5.91 Å². The van der Waals surface area contributed by atoms with Crippen LogP contribution in [0.3, 0.4) is 0 Å². The summed E-state index contributed by atoms with van der Waals surface area (Å²) in [6, 6.07) is 6.86. The molecule has 0 unspecified atom stereocenters. The van der Waals surface area contributed by atoms with Crippen LogP contribution in [0.25, 0.3) is 0 Å². The molecular weight excluding hydrogens is 273 g/mol. The molecule has 3 rings (SSSR count). The SMILES string of the molecule is O=C([C@H]1COCCO1)N(CCc1cccc(F)c1)C1CC1. The molecule has 1 aliphatic heterocycles. The second-order valence-corrected chi connectivity index (χ2v) is 5.58. The zero-order valence-electron chi connectivity index (χ0n) is 12.0. The number of amides is 1. The van der Waals surface area contributed by atoms with Crippen LogP contribution in [-0.4, -0.2) is 49.3 Å². The average molecular weight is 293 g/mol. The van der Waals surface area contributed by atoms with Crippen molar-refractivity contribution in [3.63, 3.8) is 0 Å². The predicted molar refractivity (Wildman–Crippen MR) is 75.4 cm³/mol. The average Bonchev–Trinajstić information content (AvgIpc) is 3.33. The maximum Gasteiger partial charge on any atom is 0.254 e. The van der Waals surface area contributed by atoms with E-state index >= 15 is 0 Å². The van der Waals surface area contributed by atoms with Crippen LogP contribution in [0.5, 0.6) is 0 Å². The van der Waals surface area contributed by atoms with Crippen molar-refractivity contribution in [3.05, 3.63) is 35.6 Å². The van der Waals surface area contributed by atoms with Crippen molar-refractivity contribution in [1.29, 1.82) is 0 Å². The molecule has 0 spiro atoms. The largest absolute Gasteiger partial charge is 0.376 e. The Morgan fingerprint density at radius 3 is 2.86 bits per heavy atom. The molecule has 1 heterocycles. The number of nitrogens with zero attached hydrogens (tertiary/aromatic N) is 1. The lowest BCUT2D eigenvalue weighted by Crippen LogP contribution is -2.47. The molecule has 0 bridgehead atoms. The number of rotatable bonds is 5. The van der Waals surface area contributed by atoms with Crippen molar-refractivity contribution in [2.45, 2.75) is 31.4 Å². The van der Waals surface area contributed by atoms with Crippen LogP contribution >= 0.6 is 0 Å². The van der Waals surface area contributed by atoms with E-state index in [1.54, 1.807) is 6.07 Å². The summed E-state index contributed by atoms with van der Waals surface area (Å²) in [6.07, 6.45) is 2.27. The molecule has 2 aliphatic rings. The summed E-state index contributed by atoms with van der Waals surface area (Å²) in [5.41, 5.74) is 0.911. The van der Waals surface area contributed by atoms with Crippen molar-refractivity contribution in [3.8, 4) is 0 Å². The number of hydrogen-bond acceptors (Lipinski definition) is 3. The summed E-state index contributed by atoms with van der Waals surface area (Å²) in [5.74, 6) is -0.227. The highest BCUT2D eigenvalue weighted by molar-refractivity contribution is 5.81. The van der Waals surface area contributed by atoms with Crippen LogP contribution < -0.4 is 0 Å². The van der Waals surface area contributed by atoms with Gasteiger partial charge in [-0.2, -0.15) is 0 Å². The van der Waals surface area contributed by atoms with E-state index < -0.39 is 6.10 Å². The van der Waals surface area contributed by atoms with Gasteiger partial charge in [0.05, 0.1) is 19.8 Å². The van der Waals surface area contributed by atoms with E-state index in [0.29, 0.717) is 38.8 Å². The molecule has 21 heavy (non-hydrogen) atoms. The molecule has 1 atom stereocenters. The van der Waals surface area contributed by atoms with Crippen molar-refractivity contribution in [2.75, 3.05) is 26.4 Å². The van der Waals surface area contributed by atoms with Crippen molar-refractivity contribution in [1.82, 2.24) is 4.90 Å². The fourth-order valence-corrected chi connectivity index (χ4v) is 2.62. The summed E-state index contributed by atoms with van der Waals surface area (Å²) in [6.45, 7) is 1.96. The molecule has 1 aromatic rings. The summed E-state index contributed by atoms with van der Waals surface area (Å²) in [4.78, 5) is 14.4. The fourth-order valence-electron chi connectivity index (χ4n) is 2.62. The molecule has 1 aromatic carbocycles. The molecule has 1 aliphatic carbocycles. The van der Waals surface area contributed by atoms with E-state index in [-0.39, 0.29) is 11.7 Å². The number of carbonyl (C=O) groups excluding carboxylic acids is 1. The first-order valence-electron chi connectivity index (χ1n) is 7.48. The topological polar surface area (TPSA) is 38.8 Å². The maximum atomic E-state index is 13.2. The first-order chi connectivity index (χ1) is 10.2. The Hall–Kier alpha value is -1.46. The van der Waals surface area contributed by atoms with Gasteiger partial charge in [-0.15, -0.1) is 0 Å². The Labute approximate surface area is 123 Å². The van der Waals surface area contributed by atoms with E-state index in [0.717, 1.165) is 18.4 Å². The zero-order chi connectivity index (χ0) is 14.7. The van der Waals surface area contributed by atoms with Gasteiger partial charge < -0.3 is 14.4 Å². The molecule has 5 heteroatoms. The Kier molecular flexibility index (Phi) is 4.51. The van der Waals surface area contributed by atoms with E-state index in [1.807, 2.05) is 11.0 Å². The smallest absolute Gasteiger partial charge is 0.254 e. The van der Waals surface area contributed by atoms with E-state index in [4.69, 9.17) is 9.47 Å². The van der Waals surface area contributed by atoms with Crippen molar-refractivity contribution < 1.29 is 18.7 Å². The van der Waals surface area contributed by atoms with E-state index in [9.17, 15) is 9.18 Å². The Morgan fingerprint density at radius 1 is 1.33 bits per heavy atom. The lowest BCUT2D eigenvalue weighted by Gasteiger charge is -2.29. The third-order valence-electron chi connectivity index (χ3n) is 3.89. The molecule has 1 saturated heterocycles. The van der Waals surface area contributed by atoms with Crippen LogP contribution in [0.2, 0.25) is 0 Å². The summed E-state index contributed by atoms with van der Waals surface area (Å²) in [7, 11) is 0. The molecule has 2 fully saturated rings. The molecule has 1 saturated carbocycles. The second-order valence-electron chi connectivity index (χ2n) is 5.58. The summed E-state index contributed by atoms with van der Waals surface area (Å²) >= 11 is 0. The van der Waals surface area contributed by atoms with Crippen LogP contribution in [0.4, 0.5) is 4.39 Å². The van der Waals surface area contributed by atoms with Gasteiger partial charge in [0.1, 0.15) is 5.82 Å². The van der Waals surface area contributed by atoms with Gasteiger partial charge in [-0.05, 0) is 37.0 Å². The third kappa shape index (κ3) is 3.80. The minimum atomic E-state index is -0.480. The molecule has 0 aromatic heterocycles. The quantitative estimate of drug-likeness (QED) is 0.830. The highest BCUT2D eigenvalue weighted by Gasteiger charge is 2.36. The standard InChI is InChI=1S/C16H20FNO3/c17-13-3-1-2-12(10-13)6-7-18(14-4-5-14)16(19)15-11-20-8-9-21-15/h1-3,10,14-15H,4-9,11H2/t15-/m1/s1. The fraction of sp³-hybridized carbons (Fsp3) is 0.562. The van der Waals surface area contributed by atoms with Crippen molar-refractivity contribution in [2.24, 2.45) is 0 Å². The van der Waals surface area contributed by atoms with Gasteiger partial charge >= 0.3 is 0 Å². The lowest BCUT2D eigenvalue weighted by molar-refractivity contribution is -0.158. The predicted octanol–water partition coefficient (Wildman–Crippen LogP) is 1.77. The molecule has 114 valence electrons. The van der Waals surface area contributed by atoms with Crippen LogP contribution in [0, 0.1) is 5.82 Å². The van der Waals surface area contributed by atoms with E-state index in [1.165, 1.54) is 12.1 Å². The third-order valence-corrected chi connectivity index (χ3v) is 3.89. The van der Waals surface area contributed by atoms with Crippen LogP contribution in [0.15, 0.2) is 24.3 Å².